The second-order valence-corrected chi connectivity index (χ2v) is 4.51. The molecule has 23 heavy (non-hydrogen) atoms. The number of rotatable bonds is 5. The number of nitrogens with zero attached hydrogens (tertiary/aromatic N) is 2. The number of nitrogens with one attached hydrogen (secondary N) is 1. The van der Waals surface area contributed by atoms with Crippen LogP contribution in [0.2, 0.25) is 5.15 Å². The van der Waals surface area contributed by atoms with Gasteiger partial charge in [0, 0.05) is 25.3 Å². The Kier molecular flexibility index (Phi) is 9.95. The van der Waals surface area contributed by atoms with Gasteiger partial charge in [0.1, 0.15) is 0 Å². The molecule has 1 aromatic rings. The number of halogens is 1. The highest BCUT2D eigenvalue weighted by Crippen LogP contribution is 2.19. The lowest BCUT2D eigenvalue weighted by Crippen LogP contribution is -2.08. The van der Waals surface area contributed by atoms with Crippen LogP contribution in [0.3, 0.4) is 0 Å². The fraction of sp³-hybridized carbons (Fsp3) is 0.250. The summed E-state index contributed by atoms with van der Waals surface area (Å²) in [5.74, 6) is -0.371. The van der Waals surface area contributed by atoms with Crippen LogP contribution in [0.25, 0.3) is 0 Å². The smallest absolute Gasteiger partial charge is 0.248 e. The number of hydrogen-bond acceptors (Lipinski definition) is 4. The molecule has 1 heterocycles. The first-order valence-electron chi connectivity index (χ1n) is 6.99. The Morgan fingerprint density at radius 3 is 2.61 bits per heavy atom. The highest BCUT2D eigenvalue weighted by molar-refractivity contribution is 6.32. The molecule has 1 N–H and O–H groups in total. The lowest BCUT2D eigenvalue weighted by Gasteiger charge is -2.04. The molecular formula is C16H20ClN3O3. The van der Waals surface area contributed by atoms with Gasteiger partial charge in [0.25, 0.3) is 0 Å². The van der Waals surface area contributed by atoms with Gasteiger partial charge in [-0.25, -0.2) is 4.98 Å². The molecule has 1 amide bonds. The van der Waals surface area contributed by atoms with Crippen molar-refractivity contribution in [1.82, 2.24) is 4.98 Å². The fourth-order valence-corrected chi connectivity index (χ4v) is 1.43. The average Bonchev–Trinajstić information content (AvgIpc) is 2.52. The summed E-state index contributed by atoms with van der Waals surface area (Å²) in [6.45, 7) is 7.22. The van der Waals surface area contributed by atoms with Crippen LogP contribution in [0.1, 0.15) is 26.3 Å². The average molecular weight is 338 g/mol. The topological polar surface area (TPSA) is 85.1 Å². The standard InChI is InChI=1S/C14H14ClN3O3.C2H6/c1-10-8-12(14(15)16-9-10)17-13(19)7-5-3-4-6-11(2)18(20)21;1-2/h3-9H,1-2H3,(H,17,19);1-2H3/b4-3-,7-5+,11-6+;. The third-order valence-corrected chi connectivity index (χ3v) is 2.63. The Labute approximate surface area is 140 Å². The van der Waals surface area contributed by atoms with E-state index in [1.165, 1.54) is 37.3 Å². The Balaban J connectivity index is 0.00000232. The normalized spacial score (nSPS) is 11.3. The van der Waals surface area contributed by atoms with Crippen molar-refractivity contribution >= 4 is 23.2 Å². The van der Waals surface area contributed by atoms with Crippen LogP contribution in [-0.2, 0) is 4.79 Å². The molecule has 0 unspecified atom stereocenters. The summed E-state index contributed by atoms with van der Waals surface area (Å²) in [7, 11) is 0. The first-order chi connectivity index (χ1) is 10.9. The monoisotopic (exact) mass is 337 g/mol. The number of allylic oxidation sites excluding steroid dienone is 5. The van der Waals surface area contributed by atoms with Crippen molar-refractivity contribution in [3.63, 3.8) is 0 Å². The molecule has 0 aliphatic rings. The number of aryl methyl sites for hydroxylation is 1. The molecule has 0 bridgehead atoms. The quantitative estimate of drug-likeness (QED) is 0.285. The van der Waals surface area contributed by atoms with E-state index < -0.39 is 4.92 Å². The third kappa shape index (κ3) is 8.53. The first kappa shape index (κ1) is 20.5. The van der Waals surface area contributed by atoms with E-state index in [1.54, 1.807) is 12.3 Å². The number of carbonyl (C=O) groups is 1. The summed E-state index contributed by atoms with van der Waals surface area (Å²) < 4.78 is 0. The van der Waals surface area contributed by atoms with Gasteiger partial charge in [-0.2, -0.15) is 0 Å². The van der Waals surface area contributed by atoms with Gasteiger partial charge in [0.05, 0.1) is 10.6 Å². The van der Waals surface area contributed by atoms with Crippen LogP contribution in [0, 0.1) is 17.0 Å². The van der Waals surface area contributed by atoms with Crippen molar-refractivity contribution in [2.45, 2.75) is 27.7 Å². The number of carbonyl (C=O) groups excluding carboxylic acids is 1. The molecule has 0 spiro atoms. The highest BCUT2D eigenvalue weighted by Gasteiger charge is 2.04. The van der Waals surface area contributed by atoms with Gasteiger partial charge >= 0.3 is 0 Å². The van der Waals surface area contributed by atoms with Gasteiger partial charge in [-0.3, -0.25) is 14.9 Å². The van der Waals surface area contributed by atoms with Gasteiger partial charge in [0.2, 0.25) is 11.6 Å². The summed E-state index contributed by atoms with van der Waals surface area (Å²) in [5.41, 5.74) is 1.32. The van der Waals surface area contributed by atoms with E-state index in [0.29, 0.717) is 5.69 Å². The number of anilines is 1. The third-order valence-electron chi connectivity index (χ3n) is 2.33. The van der Waals surface area contributed by atoms with Crippen LogP contribution in [0.5, 0.6) is 0 Å². The van der Waals surface area contributed by atoms with Crippen LogP contribution in [0.4, 0.5) is 5.69 Å². The molecule has 7 heteroatoms. The van der Waals surface area contributed by atoms with Crippen molar-refractivity contribution in [3.05, 3.63) is 69.2 Å². The highest BCUT2D eigenvalue weighted by atomic mass is 35.5. The number of aromatic nitrogens is 1. The zero-order valence-corrected chi connectivity index (χ0v) is 14.3. The lowest BCUT2D eigenvalue weighted by molar-refractivity contribution is -0.424. The summed E-state index contributed by atoms with van der Waals surface area (Å²) in [6, 6.07) is 1.71. The molecule has 0 radical (unpaired) electrons. The molecule has 0 aliphatic heterocycles. The summed E-state index contributed by atoms with van der Waals surface area (Å²) >= 11 is 5.85. The first-order valence-corrected chi connectivity index (χ1v) is 7.37. The fourth-order valence-electron chi connectivity index (χ4n) is 1.28. The molecule has 6 nitrogen and oxygen atoms in total. The second-order valence-electron chi connectivity index (χ2n) is 4.15. The van der Waals surface area contributed by atoms with Crippen LogP contribution < -0.4 is 5.32 Å². The van der Waals surface area contributed by atoms with Gasteiger partial charge in [-0.1, -0.05) is 43.7 Å². The minimum absolute atomic E-state index is 0.0155. The number of nitro groups is 1. The predicted molar refractivity (Wildman–Crippen MR) is 93.0 cm³/mol. The SMILES string of the molecule is CC.C\C(=C/C=C\C=C\C(=O)Nc1cc(C)cnc1Cl)[N+](=O)[O-]. The van der Waals surface area contributed by atoms with E-state index >= 15 is 0 Å². The minimum atomic E-state index is -0.493. The van der Waals surface area contributed by atoms with Crippen LogP contribution in [-0.4, -0.2) is 15.8 Å². The molecule has 1 aromatic heterocycles. The van der Waals surface area contributed by atoms with Crippen molar-refractivity contribution in [2.75, 3.05) is 5.32 Å². The van der Waals surface area contributed by atoms with E-state index in [2.05, 4.69) is 10.3 Å². The maximum atomic E-state index is 11.6. The predicted octanol–water partition coefficient (Wildman–Crippen LogP) is 4.30. The lowest BCUT2D eigenvalue weighted by atomic mass is 10.3. The van der Waals surface area contributed by atoms with E-state index in [1.807, 2.05) is 20.8 Å². The van der Waals surface area contributed by atoms with Gasteiger partial charge in [0.15, 0.2) is 5.15 Å². The molecule has 0 aromatic carbocycles. The van der Waals surface area contributed by atoms with Crippen molar-refractivity contribution in [3.8, 4) is 0 Å². The van der Waals surface area contributed by atoms with Crippen LogP contribution >= 0.6 is 11.6 Å². The van der Waals surface area contributed by atoms with Gasteiger partial charge in [-0.05, 0) is 18.6 Å². The molecule has 1 rings (SSSR count). The maximum absolute atomic E-state index is 11.6. The molecule has 0 atom stereocenters. The van der Waals surface area contributed by atoms with Crippen LogP contribution in [0.15, 0.2) is 48.3 Å². The van der Waals surface area contributed by atoms with E-state index in [0.717, 1.165) is 5.56 Å². The van der Waals surface area contributed by atoms with Gasteiger partial charge < -0.3 is 5.32 Å². The molecular weight excluding hydrogens is 318 g/mol. The molecule has 0 fully saturated rings. The second kappa shape index (κ2) is 11.1. The number of pyridine rings is 1. The van der Waals surface area contributed by atoms with E-state index in [-0.39, 0.29) is 16.8 Å². The van der Waals surface area contributed by atoms with E-state index in [9.17, 15) is 14.9 Å². The zero-order chi connectivity index (χ0) is 17.8. The van der Waals surface area contributed by atoms with E-state index in [4.69, 9.17) is 11.6 Å². The van der Waals surface area contributed by atoms with Crippen molar-refractivity contribution in [2.24, 2.45) is 0 Å². The van der Waals surface area contributed by atoms with Crippen molar-refractivity contribution in [1.29, 1.82) is 0 Å². The van der Waals surface area contributed by atoms with Gasteiger partial charge in [-0.15, -0.1) is 0 Å². The Bertz CT molecular complexity index is 637. The zero-order valence-electron chi connectivity index (χ0n) is 13.5. The molecule has 0 aliphatic carbocycles. The Hall–Kier alpha value is -2.47. The largest absolute Gasteiger partial charge is 0.320 e. The van der Waals surface area contributed by atoms with Crippen molar-refractivity contribution < 1.29 is 9.72 Å². The number of amides is 1. The number of hydrogen-bond donors (Lipinski definition) is 1. The molecule has 124 valence electrons. The Morgan fingerprint density at radius 2 is 2.00 bits per heavy atom. The minimum Gasteiger partial charge on any atom is -0.320 e. The summed E-state index contributed by atoms with van der Waals surface area (Å²) in [5, 5.41) is 13.1. The Morgan fingerprint density at radius 1 is 1.35 bits per heavy atom. The molecule has 0 saturated heterocycles. The maximum Gasteiger partial charge on any atom is 0.248 e. The summed E-state index contributed by atoms with van der Waals surface area (Å²) in [6.07, 6.45) is 8.68. The summed E-state index contributed by atoms with van der Waals surface area (Å²) in [4.78, 5) is 25.4. The molecule has 0 saturated carbocycles.